The SMILES string of the molecule is CC1CC(NC(=O)CCSc2ccc3c(c2)OCCO3)CCN1. The van der Waals surface area contributed by atoms with Gasteiger partial charge in [0.15, 0.2) is 11.5 Å². The molecule has 1 aromatic carbocycles. The van der Waals surface area contributed by atoms with E-state index in [1.807, 2.05) is 18.2 Å². The molecule has 0 aliphatic carbocycles. The van der Waals surface area contributed by atoms with E-state index in [0.717, 1.165) is 41.5 Å². The normalized spacial score (nSPS) is 23.3. The highest BCUT2D eigenvalue weighted by atomic mass is 32.2. The Balaban J connectivity index is 1.41. The Morgan fingerprint density at radius 2 is 2.17 bits per heavy atom. The molecular formula is C17H24N2O3S. The summed E-state index contributed by atoms with van der Waals surface area (Å²) in [6, 6.07) is 6.75. The van der Waals surface area contributed by atoms with Crippen molar-refractivity contribution in [2.45, 2.75) is 43.2 Å². The zero-order chi connectivity index (χ0) is 16.1. The predicted molar refractivity (Wildman–Crippen MR) is 91.4 cm³/mol. The Kier molecular flexibility index (Phi) is 5.67. The highest BCUT2D eigenvalue weighted by molar-refractivity contribution is 7.99. The molecule has 0 spiro atoms. The van der Waals surface area contributed by atoms with Crippen molar-refractivity contribution in [2.24, 2.45) is 0 Å². The lowest BCUT2D eigenvalue weighted by Gasteiger charge is -2.28. The number of carbonyl (C=O) groups is 1. The van der Waals surface area contributed by atoms with Gasteiger partial charge in [0.2, 0.25) is 5.91 Å². The molecule has 2 heterocycles. The fraction of sp³-hybridized carbons (Fsp3) is 0.588. The van der Waals surface area contributed by atoms with Crippen LogP contribution in [0.1, 0.15) is 26.2 Å². The van der Waals surface area contributed by atoms with Crippen LogP contribution in [0.4, 0.5) is 0 Å². The van der Waals surface area contributed by atoms with Crippen molar-refractivity contribution in [3.05, 3.63) is 18.2 Å². The molecule has 2 aliphatic rings. The summed E-state index contributed by atoms with van der Waals surface area (Å²) in [4.78, 5) is 13.2. The minimum absolute atomic E-state index is 0.147. The summed E-state index contributed by atoms with van der Waals surface area (Å²) in [6.45, 7) is 4.35. The third-order valence-electron chi connectivity index (χ3n) is 4.10. The summed E-state index contributed by atoms with van der Waals surface area (Å²) in [5.74, 6) is 2.52. The van der Waals surface area contributed by atoms with E-state index in [9.17, 15) is 4.79 Å². The number of carbonyl (C=O) groups excluding carboxylic acids is 1. The number of rotatable bonds is 5. The molecule has 5 nitrogen and oxygen atoms in total. The molecule has 1 aromatic rings. The van der Waals surface area contributed by atoms with Crippen LogP contribution >= 0.6 is 11.8 Å². The molecular weight excluding hydrogens is 312 g/mol. The van der Waals surface area contributed by atoms with Gasteiger partial charge in [0, 0.05) is 29.2 Å². The van der Waals surface area contributed by atoms with Gasteiger partial charge in [-0.05, 0) is 44.5 Å². The first-order valence-electron chi connectivity index (χ1n) is 8.26. The average Bonchev–Trinajstić information content (AvgIpc) is 2.55. The van der Waals surface area contributed by atoms with E-state index in [1.165, 1.54) is 0 Å². The topological polar surface area (TPSA) is 59.6 Å². The van der Waals surface area contributed by atoms with Gasteiger partial charge in [0.05, 0.1) is 0 Å². The number of thioether (sulfide) groups is 1. The van der Waals surface area contributed by atoms with E-state index in [2.05, 4.69) is 17.6 Å². The van der Waals surface area contributed by atoms with Gasteiger partial charge in [0.1, 0.15) is 13.2 Å². The lowest BCUT2D eigenvalue weighted by molar-refractivity contribution is -0.121. The minimum atomic E-state index is 0.147. The second-order valence-corrected chi connectivity index (χ2v) is 7.22. The number of ether oxygens (including phenoxy) is 2. The lowest BCUT2D eigenvalue weighted by Crippen LogP contribution is -2.46. The van der Waals surface area contributed by atoms with Crippen LogP contribution in [0.3, 0.4) is 0 Å². The maximum atomic E-state index is 12.1. The van der Waals surface area contributed by atoms with Gasteiger partial charge >= 0.3 is 0 Å². The molecule has 0 radical (unpaired) electrons. The van der Waals surface area contributed by atoms with E-state index in [4.69, 9.17) is 9.47 Å². The largest absolute Gasteiger partial charge is 0.486 e. The molecule has 2 atom stereocenters. The molecule has 0 aromatic heterocycles. The highest BCUT2D eigenvalue weighted by Crippen LogP contribution is 2.34. The molecule has 126 valence electrons. The van der Waals surface area contributed by atoms with Crippen molar-refractivity contribution in [3.8, 4) is 11.5 Å². The minimum Gasteiger partial charge on any atom is -0.486 e. The van der Waals surface area contributed by atoms with E-state index < -0.39 is 0 Å². The Morgan fingerprint density at radius 3 is 3.00 bits per heavy atom. The molecule has 2 N–H and O–H groups in total. The molecule has 1 fully saturated rings. The Labute approximate surface area is 141 Å². The van der Waals surface area contributed by atoms with Gasteiger partial charge in [-0.1, -0.05) is 0 Å². The van der Waals surface area contributed by atoms with Gasteiger partial charge in [-0.3, -0.25) is 4.79 Å². The Morgan fingerprint density at radius 1 is 1.35 bits per heavy atom. The summed E-state index contributed by atoms with van der Waals surface area (Å²) >= 11 is 1.68. The van der Waals surface area contributed by atoms with E-state index >= 15 is 0 Å². The first kappa shape index (κ1) is 16.5. The Hall–Kier alpha value is -1.40. The third kappa shape index (κ3) is 4.78. The summed E-state index contributed by atoms with van der Waals surface area (Å²) in [5, 5.41) is 6.55. The maximum Gasteiger partial charge on any atom is 0.221 e. The quantitative estimate of drug-likeness (QED) is 0.807. The monoisotopic (exact) mass is 336 g/mol. The van der Waals surface area contributed by atoms with Crippen LogP contribution in [0, 0.1) is 0 Å². The van der Waals surface area contributed by atoms with Crippen molar-refractivity contribution in [1.82, 2.24) is 10.6 Å². The molecule has 2 aliphatic heterocycles. The van der Waals surface area contributed by atoms with E-state index in [0.29, 0.717) is 31.7 Å². The standard InChI is InChI=1S/C17H24N2O3S/c1-12-10-13(4-6-18-12)19-17(20)5-9-23-14-2-3-15-16(11-14)22-8-7-21-15/h2-3,11-13,18H,4-10H2,1H3,(H,19,20). The van der Waals surface area contributed by atoms with Gasteiger partial charge < -0.3 is 20.1 Å². The number of benzene rings is 1. The molecule has 3 rings (SSSR count). The fourth-order valence-electron chi connectivity index (χ4n) is 2.94. The van der Waals surface area contributed by atoms with Gasteiger partial charge in [-0.2, -0.15) is 0 Å². The number of amides is 1. The van der Waals surface area contributed by atoms with Crippen LogP contribution in [0.15, 0.2) is 23.1 Å². The molecule has 23 heavy (non-hydrogen) atoms. The Bertz CT molecular complexity index is 553. The van der Waals surface area contributed by atoms with Crippen molar-refractivity contribution in [2.75, 3.05) is 25.5 Å². The van der Waals surface area contributed by atoms with Gasteiger partial charge in [-0.25, -0.2) is 0 Å². The summed E-state index contributed by atoms with van der Waals surface area (Å²) < 4.78 is 11.1. The number of hydrogen-bond donors (Lipinski definition) is 2. The first-order chi connectivity index (χ1) is 11.2. The lowest BCUT2D eigenvalue weighted by atomic mass is 10.0. The van der Waals surface area contributed by atoms with Crippen LogP contribution in [-0.2, 0) is 4.79 Å². The molecule has 0 saturated carbocycles. The second-order valence-electron chi connectivity index (χ2n) is 6.05. The first-order valence-corrected chi connectivity index (χ1v) is 9.24. The predicted octanol–water partition coefficient (Wildman–Crippen LogP) is 2.20. The molecule has 2 unspecified atom stereocenters. The number of fused-ring (bicyclic) bond motifs is 1. The third-order valence-corrected chi connectivity index (χ3v) is 5.10. The number of hydrogen-bond acceptors (Lipinski definition) is 5. The zero-order valence-corrected chi connectivity index (χ0v) is 14.3. The zero-order valence-electron chi connectivity index (χ0n) is 13.5. The van der Waals surface area contributed by atoms with Gasteiger partial charge in [0.25, 0.3) is 0 Å². The maximum absolute atomic E-state index is 12.1. The smallest absolute Gasteiger partial charge is 0.221 e. The van der Waals surface area contributed by atoms with Crippen LogP contribution in [0.5, 0.6) is 11.5 Å². The summed E-state index contributed by atoms with van der Waals surface area (Å²) in [7, 11) is 0. The van der Waals surface area contributed by atoms with Crippen molar-refractivity contribution in [3.63, 3.8) is 0 Å². The number of piperidine rings is 1. The fourth-order valence-corrected chi connectivity index (χ4v) is 3.82. The van der Waals surface area contributed by atoms with E-state index in [-0.39, 0.29) is 5.91 Å². The average molecular weight is 336 g/mol. The van der Waals surface area contributed by atoms with Crippen molar-refractivity contribution >= 4 is 17.7 Å². The summed E-state index contributed by atoms with van der Waals surface area (Å²) in [5.41, 5.74) is 0. The molecule has 0 bridgehead atoms. The molecule has 6 heteroatoms. The van der Waals surface area contributed by atoms with Crippen molar-refractivity contribution < 1.29 is 14.3 Å². The molecule has 1 saturated heterocycles. The van der Waals surface area contributed by atoms with Gasteiger partial charge in [-0.15, -0.1) is 11.8 Å². The molecule has 1 amide bonds. The summed E-state index contributed by atoms with van der Waals surface area (Å²) in [6.07, 6.45) is 2.57. The number of nitrogens with one attached hydrogen (secondary N) is 2. The second kappa shape index (κ2) is 7.93. The van der Waals surface area contributed by atoms with Crippen LogP contribution in [-0.4, -0.2) is 43.5 Å². The van der Waals surface area contributed by atoms with Crippen molar-refractivity contribution in [1.29, 1.82) is 0 Å². The van der Waals surface area contributed by atoms with Crippen LogP contribution in [0.25, 0.3) is 0 Å². The van der Waals surface area contributed by atoms with E-state index in [1.54, 1.807) is 11.8 Å². The highest BCUT2D eigenvalue weighted by Gasteiger charge is 2.19. The van der Waals surface area contributed by atoms with Crippen LogP contribution < -0.4 is 20.1 Å². The van der Waals surface area contributed by atoms with Crippen LogP contribution in [0.2, 0.25) is 0 Å².